The third-order valence-corrected chi connectivity index (χ3v) is 2.94. The molecule has 2 rings (SSSR count). The first-order chi connectivity index (χ1) is 8.25. The number of benzene rings is 1. The highest BCUT2D eigenvalue weighted by molar-refractivity contribution is 5.67. The highest BCUT2D eigenvalue weighted by atomic mass is 16.6. The summed E-state index contributed by atoms with van der Waals surface area (Å²) in [6.07, 6.45) is 3.01. The Balaban J connectivity index is 1.81. The summed E-state index contributed by atoms with van der Waals surface area (Å²) in [5.74, 6) is 0.466. The van der Waals surface area contributed by atoms with Gasteiger partial charge in [0.05, 0.1) is 0 Å². The van der Waals surface area contributed by atoms with Gasteiger partial charge in [-0.25, -0.2) is 4.79 Å². The highest BCUT2D eigenvalue weighted by Crippen LogP contribution is 2.15. The Kier molecular flexibility index (Phi) is 4.02. The number of likely N-dealkylation sites (tertiary alicyclic amines) is 1. The van der Waals surface area contributed by atoms with Crippen LogP contribution in [0.5, 0.6) is 0 Å². The summed E-state index contributed by atoms with van der Waals surface area (Å²) >= 11 is 0. The lowest BCUT2D eigenvalue weighted by atomic mass is 10.0. The van der Waals surface area contributed by atoms with Crippen LogP contribution in [0.15, 0.2) is 30.3 Å². The van der Waals surface area contributed by atoms with E-state index in [9.17, 15) is 4.79 Å². The van der Waals surface area contributed by atoms with E-state index in [1.54, 1.807) is 4.90 Å². The van der Waals surface area contributed by atoms with Gasteiger partial charge in [0, 0.05) is 13.1 Å². The summed E-state index contributed by atoms with van der Waals surface area (Å²) in [6, 6.07) is 9.76. The van der Waals surface area contributed by atoms with Crippen molar-refractivity contribution in [2.45, 2.75) is 20.0 Å². The molecule has 3 heteroatoms. The van der Waals surface area contributed by atoms with E-state index in [1.807, 2.05) is 30.3 Å². The number of nitrogens with zero attached hydrogens (tertiary/aromatic N) is 1. The molecule has 1 fully saturated rings. The average Bonchev–Trinajstić information content (AvgIpc) is 2.37. The maximum absolute atomic E-state index is 11.8. The van der Waals surface area contributed by atoms with Crippen molar-refractivity contribution in [3.63, 3.8) is 0 Å². The van der Waals surface area contributed by atoms with Crippen LogP contribution >= 0.6 is 0 Å². The number of amides is 1. The van der Waals surface area contributed by atoms with E-state index in [0.29, 0.717) is 12.5 Å². The van der Waals surface area contributed by atoms with E-state index >= 15 is 0 Å². The second kappa shape index (κ2) is 5.71. The first-order valence-corrected chi connectivity index (χ1v) is 6.04. The van der Waals surface area contributed by atoms with E-state index in [2.05, 4.69) is 13.3 Å². The number of rotatable bonds is 2. The number of ether oxygens (including phenoxy) is 1. The molecule has 3 nitrogen and oxygen atoms in total. The lowest BCUT2D eigenvalue weighted by Crippen LogP contribution is -2.39. The highest BCUT2D eigenvalue weighted by Gasteiger charge is 2.21. The molecule has 0 N–H and O–H groups in total. The summed E-state index contributed by atoms with van der Waals surface area (Å²) in [7, 11) is 0. The van der Waals surface area contributed by atoms with Gasteiger partial charge in [-0.15, -0.1) is 0 Å². The molecule has 1 amide bonds. The molecule has 1 aliphatic rings. The molecular weight excluding hydrogens is 214 g/mol. The first-order valence-electron chi connectivity index (χ1n) is 6.04. The van der Waals surface area contributed by atoms with Gasteiger partial charge >= 0.3 is 6.09 Å². The Morgan fingerprint density at radius 2 is 2.18 bits per heavy atom. The molecule has 1 aliphatic heterocycles. The Labute approximate surface area is 102 Å². The maximum Gasteiger partial charge on any atom is 0.410 e. The molecule has 91 valence electrons. The van der Waals surface area contributed by atoms with Crippen molar-refractivity contribution in [1.82, 2.24) is 4.90 Å². The number of carbonyl (C=O) groups excluding carboxylic acids is 1. The molecule has 0 aromatic heterocycles. The quantitative estimate of drug-likeness (QED) is 0.784. The number of hydrogen-bond acceptors (Lipinski definition) is 2. The van der Waals surface area contributed by atoms with E-state index in [4.69, 9.17) is 4.74 Å². The zero-order valence-electron chi connectivity index (χ0n) is 10.1. The summed E-state index contributed by atoms with van der Waals surface area (Å²) in [6.45, 7) is 4.02. The maximum atomic E-state index is 11.8. The van der Waals surface area contributed by atoms with E-state index in [1.165, 1.54) is 0 Å². The van der Waals surface area contributed by atoms with E-state index < -0.39 is 0 Å². The van der Waals surface area contributed by atoms with Crippen LogP contribution in [-0.2, 0) is 11.3 Å². The van der Waals surface area contributed by atoms with Crippen LogP contribution in [0.2, 0.25) is 0 Å². The topological polar surface area (TPSA) is 29.5 Å². The summed E-state index contributed by atoms with van der Waals surface area (Å²) in [4.78, 5) is 13.6. The minimum absolute atomic E-state index is 0.200. The minimum atomic E-state index is -0.200. The summed E-state index contributed by atoms with van der Waals surface area (Å²) in [5, 5.41) is 0. The van der Waals surface area contributed by atoms with Crippen LogP contribution in [-0.4, -0.2) is 24.1 Å². The predicted octanol–water partition coefficient (Wildman–Crippen LogP) is 2.87. The van der Waals surface area contributed by atoms with Crippen LogP contribution in [0.4, 0.5) is 4.79 Å². The number of carbonyl (C=O) groups is 1. The molecule has 1 aromatic carbocycles. The van der Waals surface area contributed by atoms with Crippen molar-refractivity contribution in [2.24, 2.45) is 5.92 Å². The Bertz CT molecular complexity index is 364. The minimum Gasteiger partial charge on any atom is -0.445 e. The zero-order valence-corrected chi connectivity index (χ0v) is 10.1. The van der Waals surface area contributed by atoms with Gasteiger partial charge in [0.2, 0.25) is 0 Å². The number of piperidine rings is 1. The second-order valence-electron chi connectivity index (χ2n) is 4.49. The van der Waals surface area contributed by atoms with Crippen molar-refractivity contribution < 1.29 is 9.53 Å². The van der Waals surface area contributed by atoms with Crippen LogP contribution in [0.1, 0.15) is 18.9 Å². The van der Waals surface area contributed by atoms with Crippen molar-refractivity contribution in [2.75, 3.05) is 13.1 Å². The zero-order chi connectivity index (χ0) is 12.1. The smallest absolute Gasteiger partial charge is 0.410 e. The van der Waals surface area contributed by atoms with E-state index in [-0.39, 0.29) is 6.09 Å². The van der Waals surface area contributed by atoms with Crippen molar-refractivity contribution in [1.29, 1.82) is 0 Å². The Morgan fingerprint density at radius 3 is 2.88 bits per heavy atom. The van der Waals surface area contributed by atoms with Gasteiger partial charge in [-0.2, -0.15) is 0 Å². The Hall–Kier alpha value is -1.51. The molecule has 1 saturated heterocycles. The average molecular weight is 232 g/mol. The van der Waals surface area contributed by atoms with Gasteiger partial charge in [-0.1, -0.05) is 37.3 Å². The van der Waals surface area contributed by atoms with Crippen LogP contribution in [0, 0.1) is 12.3 Å². The molecule has 1 unspecified atom stereocenters. The monoisotopic (exact) mass is 232 g/mol. The molecule has 1 aromatic rings. The normalized spacial score (nSPS) is 20.1. The standard InChI is InChI=1S/C14H18NO2/c1-12-6-5-9-15(10-12)14(16)17-11-13-7-3-2-4-8-13/h2-4,6-8,12H,5,9-11H2,1H3. The molecule has 0 aliphatic carbocycles. The fourth-order valence-electron chi connectivity index (χ4n) is 2.00. The van der Waals surface area contributed by atoms with Gasteiger partial charge in [0.15, 0.2) is 0 Å². The molecule has 0 spiro atoms. The molecule has 1 heterocycles. The molecule has 17 heavy (non-hydrogen) atoms. The first kappa shape index (κ1) is 12.0. The third kappa shape index (κ3) is 3.48. The fourth-order valence-corrected chi connectivity index (χ4v) is 2.00. The largest absolute Gasteiger partial charge is 0.445 e. The fraction of sp³-hybridized carbons (Fsp3) is 0.429. The third-order valence-electron chi connectivity index (χ3n) is 2.94. The van der Waals surface area contributed by atoms with Gasteiger partial charge in [0.1, 0.15) is 6.61 Å². The van der Waals surface area contributed by atoms with Crippen molar-refractivity contribution >= 4 is 6.09 Å². The number of hydrogen-bond donors (Lipinski definition) is 0. The van der Waals surface area contributed by atoms with E-state index in [0.717, 1.165) is 25.1 Å². The SMILES string of the molecule is CC1[CH]CCN(C(=O)OCc2ccccc2)C1. The summed E-state index contributed by atoms with van der Waals surface area (Å²) in [5.41, 5.74) is 1.03. The second-order valence-corrected chi connectivity index (χ2v) is 4.49. The molecule has 0 saturated carbocycles. The predicted molar refractivity (Wildman–Crippen MR) is 66.3 cm³/mol. The molecule has 1 atom stereocenters. The van der Waals surface area contributed by atoms with Crippen molar-refractivity contribution in [3.05, 3.63) is 42.3 Å². The van der Waals surface area contributed by atoms with Crippen LogP contribution in [0.25, 0.3) is 0 Å². The Morgan fingerprint density at radius 1 is 1.41 bits per heavy atom. The lowest BCUT2D eigenvalue weighted by Gasteiger charge is -2.29. The molecule has 0 bridgehead atoms. The lowest BCUT2D eigenvalue weighted by molar-refractivity contribution is 0.0874. The van der Waals surface area contributed by atoms with Gasteiger partial charge in [0.25, 0.3) is 0 Å². The molecular formula is C14H18NO2. The van der Waals surface area contributed by atoms with Gasteiger partial charge in [-0.3, -0.25) is 0 Å². The van der Waals surface area contributed by atoms with Gasteiger partial charge < -0.3 is 9.64 Å². The van der Waals surface area contributed by atoms with Crippen molar-refractivity contribution in [3.8, 4) is 0 Å². The molecule has 1 radical (unpaired) electrons. The van der Waals surface area contributed by atoms with Crippen LogP contribution < -0.4 is 0 Å². The van der Waals surface area contributed by atoms with Gasteiger partial charge in [-0.05, 0) is 24.3 Å². The van der Waals surface area contributed by atoms with Crippen LogP contribution in [0.3, 0.4) is 0 Å². The summed E-state index contributed by atoms with van der Waals surface area (Å²) < 4.78 is 5.29.